The number of benzene rings is 14. The Morgan fingerprint density at radius 2 is 0.387 bits per heavy atom. The molecule has 0 saturated carbocycles. The molecule has 0 aliphatic rings. The summed E-state index contributed by atoms with van der Waals surface area (Å²) in [7, 11) is 0. The molecule has 6 nitrogen and oxygen atoms in total. The molecule has 0 unspecified atom stereocenters. The molecule has 6 heteroatoms. The Balaban J connectivity index is 0.799. The number of hydrogen-bond acceptors (Lipinski definition) is 3. The minimum absolute atomic E-state index is 0.608. The molecule has 434 valence electrons. The summed E-state index contributed by atoms with van der Waals surface area (Å²) in [5.74, 6) is 1.86. The van der Waals surface area contributed by atoms with Crippen molar-refractivity contribution in [3.63, 3.8) is 0 Å². The van der Waals surface area contributed by atoms with Crippen molar-refractivity contribution in [1.29, 1.82) is 0 Å². The van der Waals surface area contributed by atoms with E-state index in [1.807, 2.05) is 60.7 Å². The van der Waals surface area contributed by atoms with Crippen LogP contribution in [0.25, 0.3) is 172 Å². The van der Waals surface area contributed by atoms with E-state index in [0.717, 1.165) is 88.8 Å². The van der Waals surface area contributed by atoms with Gasteiger partial charge in [0.1, 0.15) is 0 Å². The lowest BCUT2D eigenvalue weighted by Gasteiger charge is -2.13. The second-order valence-electron chi connectivity index (χ2n) is 24.0. The Labute approximate surface area is 537 Å². The summed E-state index contributed by atoms with van der Waals surface area (Å²) in [6, 6.07) is 123. The van der Waals surface area contributed by atoms with Crippen LogP contribution in [0.4, 0.5) is 0 Å². The Hall–Kier alpha value is -12.5. The lowest BCUT2D eigenvalue weighted by Crippen LogP contribution is -2.00. The maximum Gasteiger partial charge on any atom is 0.164 e. The molecule has 0 aliphatic heterocycles. The topological polar surface area (TPSA) is 53.5 Å². The van der Waals surface area contributed by atoms with Crippen LogP contribution >= 0.6 is 0 Å². The Morgan fingerprint density at radius 3 is 0.753 bits per heavy atom. The molecule has 14 aromatic carbocycles. The quantitative estimate of drug-likeness (QED) is 0.130. The van der Waals surface area contributed by atoms with Crippen LogP contribution in [-0.4, -0.2) is 28.7 Å². The Morgan fingerprint density at radius 1 is 0.151 bits per heavy atom. The van der Waals surface area contributed by atoms with Crippen LogP contribution in [0.2, 0.25) is 0 Å². The predicted octanol–water partition coefficient (Wildman–Crippen LogP) is 22.5. The molecule has 0 radical (unpaired) electrons. The van der Waals surface area contributed by atoms with Gasteiger partial charge in [-0.15, -0.1) is 0 Å². The van der Waals surface area contributed by atoms with Crippen molar-refractivity contribution in [2.45, 2.75) is 0 Å². The fourth-order valence-corrected chi connectivity index (χ4v) is 13.9. The van der Waals surface area contributed by atoms with Crippen molar-refractivity contribution in [3.8, 4) is 107 Å². The number of aromatic nitrogens is 6. The van der Waals surface area contributed by atoms with E-state index in [0.29, 0.717) is 17.5 Å². The third-order valence-electron chi connectivity index (χ3n) is 18.5. The maximum atomic E-state index is 5.12. The smallest absolute Gasteiger partial charge is 0.164 e. The summed E-state index contributed by atoms with van der Waals surface area (Å²) in [5.41, 5.74) is 24.5. The molecule has 93 heavy (non-hydrogen) atoms. The standard InChI is InChI=1S/C87H56N6/c1-7-19-57(20-8-1)65-36-47-79-75(51-65)76-52-66(58-21-9-2-10-22-58)37-48-80(76)91(79)70-40-31-61(32-41-70)69-35-45-73-74-46-44-72(93-81-49-38-67(59-23-11-3-12-24-59)53-77(81)78-54-68(39-50-82(78)93)60-25-13-4-14-26-60)56-84(74)92(83(73)55-69)71-42-33-64(34-43-71)87-89-85(62-27-15-5-16-28-62)88-86(90-87)63-29-17-6-18-30-63/h1-56H. The average molecular weight is 1190 g/mol. The molecular weight excluding hydrogens is 1130 g/mol. The molecule has 4 heterocycles. The van der Waals surface area contributed by atoms with Crippen LogP contribution in [0.1, 0.15) is 0 Å². The zero-order valence-electron chi connectivity index (χ0n) is 50.5. The van der Waals surface area contributed by atoms with Gasteiger partial charge in [0.2, 0.25) is 0 Å². The van der Waals surface area contributed by atoms with E-state index in [1.54, 1.807) is 0 Å². The highest BCUT2D eigenvalue weighted by Crippen LogP contribution is 2.43. The van der Waals surface area contributed by atoms with Crippen LogP contribution < -0.4 is 0 Å². The molecule has 18 rings (SSSR count). The van der Waals surface area contributed by atoms with Crippen molar-refractivity contribution >= 4 is 65.4 Å². The highest BCUT2D eigenvalue weighted by Gasteiger charge is 2.21. The molecule has 0 aliphatic carbocycles. The van der Waals surface area contributed by atoms with Gasteiger partial charge in [0.05, 0.1) is 33.1 Å². The largest absolute Gasteiger partial charge is 0.309 e. The Kier molecular flexibility index (Phi) is 12.8. The number of nitrogens with zero attached hydrogens (tertiary/aromatic N) is 6. The van der Waals surface area contributed by atoms with Gasteiger partial charge >= 0.3 is 0 Å². The monoisotopic (exact) mass is 1180 g/mol. The summed E-state index contributed by atoms with van der Waals surface area (Å²) in [6.07, 6.45) is 0. The molecule has 18 aromatic rings. The molecule has 0 spiro atoms. The third-order valence-corrected chi connectivity index (χ3v) is 18.5. The summed E-state index contributed by atoms with van der Waals surface area (Å²) >= 11 is 0. The lowest BCUT2D eigenvalue weighted by molar-refractivity contribution is 1.07. The van der Waals surface area contributed by atoms with Gasteiger partial charge in [0, 0.05) is 66.1 Å². The highest BCUT2D eigenvalue weighted by molar-refractivity contribution is 6.15. The highest BCUT2D eigenvalue weighted by atomic mass is 15.0. The van der Waals surface area contributed by atoms with E-state index in [1.165, 1.54) is 66.1 Å². The Bertz CT molecular complexity index is 5610. The normalized spacial score (nSPS) is 11.7. The SMILES string of the molecule is c1ccc(-c2ccc3c(c2)c2cc(-c4ccccc4)ccc2n3-c2ccc(-c3ccc4c5ccc(-n6c7ccc(-c8ccccc8)cc7c7cc(-c8ccccc8)ccc76)cc5n(-c5ccc(-c6nc(-c7ccccc7)nc(-c7ccccc7)n6)cc5)c4c3)cc2)cc1. The van der Waals surface area contributed by atoms with Crippen LogP contribution in [0.5, 0.6) is 0 Å². The van der Waals surface area contributed by atoms with Gasteiger partial charge in [-0.25, -0.2) is 15.0 Å². The van der Waals surface area contributed by atoms with Crippen LogP contribution in [0.3, 0.4) is 0 Å². The maximum absolute atomic E-state index is 5.12. The second kappa shape index (κ2) is 22.2. The average Bonchev–Trinajstić information content (AvgIpc) is 1.59. The van der Waals surface area contributed by atoms with Gasteiger partial charge < -0.3 is 13.7 Å². The van der Waals surface area contributed by atoms with Crippen molar-refractivity contribution in [3.05, 3.63) is 340 Å². The van der Waals surface area contributed by atoms with E-state index in [4.69, 9.17) is 15.0 Å². The number of rotatable bonds is 11. The van der Waals surface area contributed by atoms with E-state index in [2.05, 4.69) is 293 Å². The van der Waals surface area contributed by atoms with Gasteiger partial charge in [-0.3, -0.25) is 0 Å². The van der Waals surface area contributed by atoms with Crippen LogP contribution in [-0.2, 0) is 0 Å². The molecule has 0 saturated heterocycles. The van der Waals surface area contributed by atoms with Crippen LogP contribution in [0, 0.1) is 0 Å². The van der Waals surface area contributed by atoms with Gasteiger partial charge in [-0.1, -0.05) is 237 Å². The number of fused-ring (bicyclic) bond motifs is 9. The first-order valence-corrected chi connectivity index (χ1v) is 31.6. The summed E-state index contributed by atoms with van der Waals surface area (Å²) in [5, 5.41) is 7.17. The van der Waals surface area contributed by atoms with Gasteiger partial charge in [0.15, 0.2) is 17.5 Å². The van der Waals surface area contributed by atoms with E-state index >= 15 is 0 Å². The predicted molar refractivity (Wildman–Crippen MR) is 386 cm³/mol. The van der Waals surface area contributed by atoms with E-state index < -0.39 is 0 Å². The fourth-order valence-electron chi connectivity index (χ4n) is 13.9. The zero-order chi connectivity index (χ0) is 61.3. The van der Waals surface area contributed by atoms with Crippen molar-refractivity contribution in [1.82, 2.24) is 28.7 Å². The second-order valence-corrected chi connectivity index (χ2v) is 24.0. The van der Waals surface area contributed by atoms with Gasteiger partial charge in [-0.2, -0.15) is 0 Å². The van der Waals surface area contributed by atoms with Crippen molar-refractivity contribution in [2.75, 3.05) is 0 Å². The van der Waals surface area contributed by atoms with Crippen molar-refractivity contribution in [2.24, 2.45) is 0 Å². The molecule has 0 atom stereocenters. The van der Waals surface area contributed by atoms with Crippen molar-refractivity contribution < 1.29 is 0 Å². The lowest BCUT2D eigenvalue weighted by atomic mass is 10.0. The summed E-state index contributed by atoms with van der Waals surface area (Å²) in [6.45, 7) is 0. The zero-order valence-corrected chi connectivity index (χ0v) is 50.5. The molecule has 4 aromatic heterocycles. The summed E-state index contributed by atoms with van der Waals surface area (Å²) in [4.78, 5) is 15.2. The van der Waals surface area contributed by atoms with Crippen LogP contribution in [0.15, 0.2) is 340 Å². The first-order valence-electron chi connectivity index (χ1n) is 31.6. The van der Waals surface area contributed by atoms with E-state index in [9.17, 15) is 0 Å². The molecule has 0 N–H and O–H groups in total. The van der Waals surface area contributed by atoms with Gasteiger partial charge in [-0.05, 0) is 159 Å². The van der Waals surface area contributed by atoms with Gasteiger partial charge in [0.25, 0.3) is 0 Å². The van der Waals surface area contributed by atoms with E-state index in [-0.39, 0.29) is 0 Å². The minimum atomic E-state index is 0.608. The fraction of sp³-hybridized carbons (Fsp3) is 0. The molecule has 0 fully saturated rings. The first kappa shape index (κ1) is 53.5. The molecule has 0 amide bonds. The molecular formula is C87H56N6. The number of hydrogen-bond donors (Lipinski definition) is 0. The molecule has 0 bridgehead atoms. The third kappa shape index (κ3) is 9.39. The first-order chi connectivity index (χ1) is 46.1. The summed E-state index contributed by atoms with van der Waals surface area (Å²) < 4.78 is 7.31. The minimum Gasteiger partial charge on any atom is -0.309 e.